The summed E-state index contributed by atoms with van der Waals surface area (Å²) in [6.07, 6.45) is 0. The minimum atomic E-state index is -0.00697. The van der Waals surface area contributed by atoms with E-state index in [-0.39, 0.29) is 12.4 Å². The van der Waals surface area contributed by atoms with Crippen molar-refractivity contribution in [1.29, 1.82) is 0 Å². The molecule has 0 saturated carbocycles. The summed E-state index contributed by atoms with van der Waals surface area (Å²) in [6.45, 7) is 6.05. The van der Waals surface area contributed by atoms with Gasteiger partial charge in [0.2, 0.25) is 0 Å². The van der Waals surface area contributed by atoms with Gasteiger partial charge in [-0.15, -0.1) is 0 Å². The lowest BCUT2D eigenvalue weighted by molar-refractivity contribution is 0.0921. The van der Waals surface area contributed by atoms with Crippen LogP contribution in [0, 0.1) is 20.8 Å². The van der Waals surface area contributed by atoms with E-state index < -0.39 is 0 Å². The fourth-order valence-corrected chi connectivity index (χ4v) is 2.21. The van der Waals surface area contributed by atoms with E-state index in [2.05, 4.69) is 15.9 Å². The Morgan fingerprint density at radius 1 is 1.00 bits per heavy atom. The Balaban J connectivity index is 2.08. The van der Waals surface area contributed by atoms with E-state index in [1.54, 1.807) is 0 Å². The summed E-state index contributed by atoms with van der Waals surface area (Å²) >= 11 is 3.40. The quantitative estimate of drug-likeness (QED) is 0.762. The van der Waals surface area contributed by atoms with Gasteiger partial charge < -0.3 is 4.74 Å². The first-order valence-electron chi connectivity index (χ1n) is 6.47. The Kier molecular flexibility index (Phi) is 4.61. The predicted molar refractivity (Wildman–Crippen MR) is 84.6 cm³/mol. The fourth-order valence-electron chi connectivity index (χ4n) is 1.87. The van der Waals surface area contributed by atoms with Crippen LogP contribution in [-0.4, -0.2) is 12.4 Å². The van der Waals surface area contributed by atoms with Gasteiger partial charge in [-0.1, -0.05) is 34.1 Å². The molecule has 0 atom stereocenters. The number of benzene rings is 2. The van der Waals surface area contributed by atoms with Crippen LogP contribution < -0.4 is 4.74 Å². The number of ketones is 1. The van der Waals surface area contributed by atoms with Crippen molar-refractivity contribution >= 4 is 21.7 Å². The summed E-state index contributed by atoms with van der Waals surface area (Å²) in [7, 11) is 0. The smallest absolute Gasteiger partial charge is 0.200 e. The number of rotatable bonds is 4. The molecule has 0 aliphatic rings. The Hall–Kier alpha value is -1.61. The molecule has 0 aromatic heterocycles. The van der Waals surface area contributed by atoms with Crippen molar-refractivity contribution in [3.05, 3.63) is 63.1 Å². The lowest BCUT2D eigenvalue weighted by Crippen LogP contribution is -2.12. The Morgan fingerprint density at radius 3 is 2.40 bits per heavy atom. The van der Waals surface area contributed by atoms with Crippen molar-refractivity contribution in [3.63, 3.8) is 0 Å². The van der Waals surface area contributed by atoms with Gasteiger partial charge in [0.1, 0.15) is 5.75 Å². The van der Waals surface area contributed by atoms with E-state index >= 15 is 0 Å². The highest BCUT2D eigenvalue weighted by atomic mass is 79.9. The number of aryl methyl sites for hydroxylation is 3. The maximum atomic E-state index is 12.1. The zero-order valence-electron chi connectivity index (χ0n) is 11.9. The van der Waals surface area contributed by atoms with E-state index in [0.29, 0.717) is 5.56 Å². The molecule has 0 aliphatic carbocycles. The molecule has 0 radical (unpaired) electrons. The molecule has 3 heteroatoms. The number of carbonyl (C=O) groups excluding carboxylic acids is 1. The fraction of sp³-hybridized carbons (Fsp3) is 0.235. The number of halogens is 1. The maximum Gasteiger partial charge on any atom is 0.200 e. The molecule has 2 aromatic carbocycles. The summed E-state index contributed by atoms with van der Waals surface area (Å²) in [4.78, 5) is 12.1. The number of hydrogen-bond acceptors (Lipinski definition) is 2. The highest BCUT2D eigenvalue weighted by Crippen LogP contribution is 2.23. The van der Waals surface area contributed by atoms with E-state index in [4.69, 9.17) is 4.74 Å². The van der Waals surface area contributed by atoms with Crippen LogP contribution in [-0.2, 0) is 0 Å². The largest absolute Gasteiger partial charge is 0.485 e. The predicted octanol–water partition coefficient (Wildman–Crippen LogP) is 4.64. The maximum absolute atomic E-state index is 12.1. The van der Waals surface area contributed by atoms with Crippen LogP contribution in [0.3, 0.4) is 0 Å². The van der Waals surface area contributed by atoms with Crippen LogP contribution in [0.25, 0.3) is 0 Å². The number of Topliss-reactive ketones (excluding diaryl/α,β-unsaturated/α-hetero) is 1. The molecule has 0 saturated heterocycles. The van der Waals surface area contributed by atoms with Gasteiger partial charge in [-0.25, -0.2) is 0 Å². The summed E-state index contributed by atoms with van der Waals surface area (Å²) in [5.41, 5.74) is 4.02. The third-order valence-electron chi connectivity index (χ3n) is 3.34. The minimum absolute atomic E-state index is 0.00697. The van der Waals surface area contributed by atoms with Gasteiger partial charge in [0.05, 0.1) is 0 Å². The Labute approximate surface area is 127 Å². The third kappa shape index (κ3) is 3.48. The number of hydrogen-bond donors (Lipinski definition) is 0. The zero-order valence-corrected chi connectivity index (χ0v) is 13.5. The van der Waals surface area contributed by atoms with Crippen molar-refractivity contribution in [3.8, 4) is 5.75 Å². The molecule has 0 heterocycles. The normalized spacial score (nSPS) is 10.4. The molecule has 0 N–H and O–H groups in total. The first kappa shape index (κ1) is 14.8. The topological polar surface area (TPSA) is 26.3 Å². The molecule has 2 nitrogen and oxygen atoms in total. The van der Waals surface area contributed by atoms with Crippen LogP contribution in [0.5, 0.6) is 5.75 Å². The standard InChI is InChI=1S/C17H17BrO2/c1-11-4-6-14(8-13(11)3)16(19)10-20-17-9-15(18)7-5-12(17)2/h4-9H,10H2,1-3H3. The average molecular weight is 333 g/mol. The average Bonchev–Trinajstić information content (AvgIpc) is 2.42. The molecule has 0 amide bonds. The van der Waals surface area contributed by atoms with Gasteiger partial charge in [-0.2, -0.15) is 0 Å². The van der Waals surface area contributed by atoms with Crippen LogP contribution in [0.15, 0.2) is 40.9 Å². The molecule has 0 fully saturated rings. The van der Waals surface area contributed by atoms with Crippen molar-refractivity contribution in [2.75, 3.05) is 6.61 Å². The molecule has 0 aliphatic heterocycles. The molecule has 0 bridgehead atoms. The second kappa shape index (κ2) is 6.23. The summed E-state index contributed by atoms with van der Waals surface area (Å²) in [5.74, 6) is 0.726. The monoisotopic (exact) mass is 332 g/mol. The van der Waals surface area contributed by atoms with Crippen LogP contribution in [0.1, 0.15) is 27.0 Å². The molecule has 20 heavy (non-hydrogen) atoms. The molecular weight excluding hydrogens is 316 g/mol. The highest BCUT2D eigenvalue weighted by molar-refractivity contribution is 9.10. The Bertz CT molecular complexity index is 647. The van der Waals surface area contributed by atoms with E-state index in [1.165, 1.54) is 5.56 Å². The van der Waals surface area contributed by atoms with Gasteiger partial charge in [0.25, 0.3) is 0 Å². The van der Waals surface area contributed by atoms with Crippen molar-refractivity contribution < 1.29 is 9.53 Å². The Morgan fingerprint density at radius 2 is 1.70 bits per heavy atom. The molecule has 104 valence electrons. The summed E-state index contributed by atoms with van der Waals surface area (Å²) in [6, 6.07) is 11.5. The summed E-state index contributed by atoms with van der Waals surface area (Å²) in [5, 5.41) is 0. The molecule has 2 rings (SSSR count). The number of ether oxygens (including phenoxy) is 1. The molecule has 0 unspecified atom stereocenters. The second-order valence-electron chi connectivity index (χ2n) is 4.92. The van der Waals surface area contributed by atoms with Crippen molar-refractivity contribution in [2.45, 2.75) is 20.8 Å². The van der Waals surface area contributed by atoms with E-state index in [0.717, 1.165) is 21.3 Å². The van der Waals surface area contributed by atoms with Gasteiger partial charge in [-0.05, 0) is 55.7 Å². The second-order valence-corrected chi connectivity index (χ2v) is 5.84. The van der Waals surface area contributed by atoms with Crippen LogP contribution >= 0.6 is 15.9 Å². The van der Waals surface area contributed by atoms with Crippen LogP contribution in [0.2, 0.25) is 0 Å². The van der Waals surface area contributed by atoms with Crippen molar-refractivity contribution in [2.24, 2.45) is 0 Å². The SMILES string of the molecule is Cc1ccc(C(=O)COc2cc(Br)ccc2C)cc1C. The van der Waals surface area contributed by atoms with E-state index in [1.807, 2.05) is 57.2 Å². The first-order chi connectivity index (χ1) is 9.47. The zero-order chi connectivity index (χ0) is 14.7. The highest BCUT2D eigenvalue weighted by Gasteiger charge is 2.09. The minimum Gasteiger partial charge on any atom is -0.485 e. The lowest BCUT2D eigenvalue weighted by atomic mass is 10.0. The van der Waals surface area contributed by atoms with Gasteiger partial charge in [0.15, 0.2) is 12.4 Å². The van der Waals surface area contributed by atoms with Gasteiger partial charge in [-0.3, -0.25) is 4.79 Å². The third-order valence-corrected chi connectivity index (χ3v) is 3.83. The first-order valence-corrected chi connectivity index (χ1v) is 7.26. The lowest BCUT2D eigenvalue weighted by Gasteiger charge is -2.09. The van der Waals surface area contributed by atoms with Gasteiger partial charge >= 0.3 is 0 Å². The van der Waals surface area contributed by atoms with Crippen LogP contribution in [0.4, 0.5) is 0 Å². The van der Waals surface area contributed by atoms with E-state index in [9.17, 15) is 4.79 Å². The van der Waals surface area contributed by atoms with Gasteiger partial charge in [0, 0.05) is 10.0 Å². The molecular formula is C17H17BrO2. The molecule has 2 aromatic rings. The number of carbonyl (C=O) groups is 1. The van der Waals surface area contributed by atoms with Crippen molar-refractivity contribution in [1.82, 2.24) is 0 Å². The molecule has 0 spiro atoms. The summed E-state index contributed by atoms with van der Waals surface area (Å²) < 4.78 is 6.57.